The van der Waals surface area contributed by atoms with Crippen LogP contribution in [-0.4, -0.2) is 11.9 Å². The molecule has 0 aliphatic heterocycles. The Morgan fingerprint density at radius 1 is 1.25 bits per heavy atom. The Bertz CT molecular complexity index is 472. The Kier molecular flexibility index (Phi) is 5.66. The molecule has 1 amide bonds. The van der Waals surface area contributed by atoms with Crippen molar-refractivity contribution in [2.75, 3.05) is 0 Å². The number of nitrogens with one attached hydrogen (secondary N) is 1. The smallest absolute Gasteiger partial charge is 0.247 e. The highest BCUT2D eigenvalue weighted by atomic mass is 35.5. The molecule has 108 valence electrons. The third kappa shape index (κ3) is 4.38. The van der Waals surface area contributed by atoms with Gasteiger partial charge in [-0.25, -0.2) is 0 Å². The summed E-state index contributed by atoms with van der Waals surface area (Å²) in [7, 11) is 0. The molecule has 0 aromatic heterocycles. The third-order valence-corrected chi connectivity index (χ3v) is 4.14. The van der Waals surface area contributed by atoms with Crippen LogP contribution in [-0.2, 0) is 11.2 Å². The van der Waals surface area contributed by atoms with Gasteiger partial charge in [-0.1, -0.05) is 49.1 Å². The first-order valence-corrected chi connectivity index (χ1v) is 7.77. The number of amides is 1. The SMILES string of the molecule is CC=C(Cc1ccc(Cl)cc1)C(=O)NC1CCCCC1. The van der Waals surface area contributed by atoms with Crippen molar-refractivity contribution >= 4 is 17.5 Å². The molecule has 0 bridgehead atoms. The molecule has 0 unspecified atom stereocenters. The molecule has 1 aliphatic carbocycles. The molecule has 0 atom stereocenters. The topological polar surface area (TPSA) is 29.1 Å². The number of hydrogen-bond acceptors (Lipinski definition) is 1. The first-order valence-electron chi connectivity index (χ1n) is 7.39. The minimum Gasteiger partial charge on any atom is -0.350 e. The first kappa shape index (κ1) is 15.1. The normalized spacial score (nSPS) is 17.0. The predicted molar refractivity (Wildman–Crippen MR) is 83.9 cm³/mol. The Morgan fingerprint density at radius 3 is 2.50 bits per heavy atom. The van der Waals surface area contributed by atoms with Gasteiger partial charge in [-0.3, -0.25) is 4.79 Å². The number of benzene rings is 1. The van der Waals surface area contributed by atoms with Crippen LogP contribution in [0.25, 0.3) is 0 Å². The fraction of sp³-hybridized carbons (Fsp3) is 0.471. The Morgan fingerprint density at radius 2 is 1.90 bits per heavy atom. The number of allylic oxidation sites excluding steroid dienone is 1. The summed E-state index contributed by atoms with van der Waals surface area (Å²) in [5.74, 6) is 0.0781. The Labute approximate surface area is 126 Å². The molecule has 1 saturated carbocycles. The lowest BCUT2D eigenvalue weighted by Crippen LogP contribution is -2.37. The van der Waals surface area contributed by atoms with E-state index in [0.29, 0.717) is 12.5 Å². The highest BCUT2D eigenvalue weighted by molar-refractivity contribution is 6.30. The lowest BCUT2D eigenvalue weighted by atomic mass is 9.95. The maximum Gasteiger partial charge on any atom is 0.247 e. The molecule has 2 nitrogen and oxygen atoms in total. The van der Waals surface area contributed by atoms with Crippen molar-refractivity contribution in [2.24, 2.45) is 0 Å². The second-order valence-corrected chi connectivity index (χ2v) is 5.86. The van der Waals surface area contributed by atoms with E-state index in [9.17, 15) is 4.79 Å². The van der Waals surface area contributed by atoms with Gasteiger partial charge in [0.1, 0.15) is 0 Å². The highest BCUT2D eigenvalue weighted by Gasteiger charge is 2.17. The summed E-state index contributed by atoms with van der Waals surface area (Å²) >= 11 is 5.88. The third-order valence-electron chi connectivity index (χ3n) is 3.89. The van der Waals surface area contributed by atoms with Crippen molar-refractivity contribution in [2.45, 2.75) is 51.5 Å². The van der Waals surface area contributed by atoms with E-state index in [1.54, 1.807) is 0 Å². The maximum absolute atomic E-state index is 12.3. The fourth-order valence-electron chi connectivity index (χ4n) is 2.66. The highest BCUT2D eigenvalue weighted by Crippen LogP contribution is 2.18. The van der Waals surface area contributed by atoms with Crippen LogP contribution in [0.2, 0.25) is 5.02 Å². The van der Waals surface area contributed by atoms with E-state index in [1.807, 2.05) is 37.3 Å². The monoisotopic (exact) mass is 291 g/mol. The minimum atomic E-state index is 0.0781. The summed E-state index contributed by atoms with van der Waals surface area (Å²) in [5, 5.41) is 3.89. The molecule has 20 heavy (non-hydrogen) atoms. The van der Waals surface area contributed by atoms with Crippen molar-refractivity contribution in [3.8, 4) is 0 Å². The van der Waals surface area contributed by atoms with Gasteiger partial charge < -0.3 is 5.32 Å². The summed E-state index contributed by atoms with van der Waals surface area (Å²) in [6.07, 6.45) is 8.56. The van der Waals surface area contributed by atoms with Crippen LogP contribution < -0.4 is 5.32 Å². The Balaban J connectivity index is 1.93. The zero-order valence-corrected chi connectivity index (χ0v) is 12.7. The summed E-state index contributed by atoms with van der Waals surface area (Å²) in [5.41, 5.74) is 1.94. The molecule has 3 heteroatoms. The second kappa shape index (κ2) is 7.49. The van der Waals surface area contributed by atoms with Gasteiger partial charge in [-0.15, -0.1) is 0 Å². The van der Waals surface area contributed by atoms with Gasteiger partial charge in [0.05, 0.1) is 0 Å². The molecule has 2 rings (SSSR count). The van der Waals surface area contributed by atoms with E-state index in [-0.39, 0.29) is 5.91 Å². The molecule has 0 radical (unpaired) electrons. The number of halogens is 1. The van der Waals surface area contributed by atoms with Crippen molar-refractivity contribution in [1.29, 1.82) is 0 Å². The molecular formula is C17H22ClNO. The molecule has 1 fully saturated rings. The minimum absolute atomic E-state index is 0.0781. The summed E-state index contributed by atoms with van der Waals surface area (Å²) < 4.78 is 0. The van der Waals surface area contributed by atoms with Crippen molar-refractivity contribution in [3.05, 3.63) is 46.5 Å². The zero-order valence-electron chi connectivity index (χ0n) is 12.0. The number of rotatable bonds is 4. The largest absolute Gasteiger partial charge is 0.350 e. The molecule has 0 heterocycles. The van der Waals surface area contributed by atoms with E-state index in [4.69, 9.17) is 11.6 Å². The zero-order chi connectivity index (χ0) is 14.4. The standard InChI is InChI=1S/C17H22ClNO/c1-2-14(12-13-8-10-15(18)11-9-13)17(20)19-16-6-4-3-5-7-16/h2,8-11,16H,3-7,12H2,1H3,(H,19,20). The predicted octanol–water partition coefficient (Wildman–Crippen LogP) is 4.28. The number of hydrogen-bond donors (Lipinski definition) is 1. The molecule has 1 aliphatic rings. The van der Waals surface area contributed by atoms with Crippen LogP contribution in [0.5, 0.6) is 0 Å². The molecule has 1 aromatic rings. The van der Waals surface area contributed by atoms with Crippen LogP contribution in [0.3, 0.4) is 0 Å². The molecule has 1 N–H and O–H groups in total. The molecular weight excluding hydrogens is 270 g/mol. The van der Waals surface area contributed by atoms with Gasteiger partial charge in [0.2, 0.25) is 5.91 Å². The summed E-state index contributed by atoms with van der Waals surface area (Å²) in [6.45, 7) is 1.92. The van der Waals surface area contributed by atoms with Gasteiger partial charge in [-0.2, -0.15) is 0 Å². The first-order chi connectivity index (χ1) is 9.69. The fourth-order valence-corrected chi connectivity index (χ4v) is 2.79. The maximum atomic E-state index is 12.3. The number of carbonyl (C=O) groups excluding carboxylic acids is 1. The molecule has 1 aromatic carbocycles. The summed E-state index contributed by atoms with van der Waals surface area (Å²) in [6, 6.07) is 8.03. The van der Waals surface area contributed by atoms with Crippen LogP contribution in [0.15, 0.2) is 35.9 Å². The van der Waals surface area contributed by atoms with Crippen LogP contribution in [0.4, 0.5) is 0 Å². The van der Waals surface area contributed by atoms with Gasteiger partial charge in [0, 0.05) is 23.1 Å². The number of carbonyl (C=O) groups is 1. The van der Waals surface area contributed by atoms with E-state index >= 15 is 0 Å². The average molecular weight is 292 g/mol. The van der Waals surface area contributed by atoms with E-state index in [2.05, 4.69) is 5.32 Å². The van der Waals surface area contributed by atoms with E-state index < -0.39 is 0 Å². The van der Waals surface area contributed by atoms with Crippen LogP contribution in [0, 0.1) is 0 Å². The second-order valence-electron chi connectivity index (χ2n) is 5.43. The van der Waals surface area contributed by atoms with Crippen molar-refractivity contribution in [3.63, 3.8) is 0 Å². The van der Waals surface area contributed by atoms with Crippen molar-refractivity contribution in [1.82, 2.24) is 5.32 Å². The van der Waals surface area contributed by atoms with E-state index in [0.717, 1.165) is 29.0 Å². The summed E-state index contributed by atoms with van der Waals surface area (Å²) in [4.78, 5) is 12.3. The van der Waals surface area contributed by atoms with E-state index in [1.165, 1.54) is 19.3 Å². The van der Waals surface area contributed by atoms with Crippen LogP contribution >= 0.6 is 11.6 Å². The van der Waals surface area contributed by atoms with Gasteiger partial charge in [0.15, 0.2) is 0 Å². The lowest BCUT2D eigenvalue weighted by molar-refractivity contribution is -0.118. The Hall–Kier alpha value is -1.28. The van der Waals surface area contributed by atoms with Gasteiger partial charge >= 0.3 is 0 Å². The molecule has 0 saturated heterocycles. The lowest BCUT2D eigenvalue weighted by Gasteiger charge is -2.23. The quantitative estimate of drug-likeness (QED) is 0.824. The van der Waals surface area contributed by atoms with Crippen molar-refractivity contribution < 1.29 is 4.79 Å². The molecule has 0 spiro atoms. The van der Waals surface area contributed by atoms with Gasteiger partial charge in [-0.05, 0) is 37.5 Å². The van der Waals surface area contributed by atoms with Gasteiger partial charge in [0.25, 0.3) is 0 Å². The average Bonchev–Trinajstić information content (AvgIpc) is 2.47. The van der Waals surface area contributed by atoms with Crippen LogP contribution in [0.1, 0.15) is 44.6 Å².